The Morgan fingerprint density at radius 2 is 2.00 bits per heavy atom. The maximum atomic E-state index is 10.1. The van der Waals surface area contributed by atoms with Gasteiger partial charge in [-0.25, -0.2) is 0 Å². The molecule has 1 saturated carbocycles. The number of ether oxygens (including phenoxy) is 1. The molecule has 2 fully saturated rings. The molecule has 0 radical (unpaired) electrons. The third-order valence-corrected chi connectivity index (χ3v) is 3.65. The molecule has 76 valence electrons. The summed E-state index contributed by atoms with van der Waals surface area (Å²) in [6.45, 7) is 8.23. The van der Waals surface area contributed by atoms with E-state index in [1.165, 1.54) is 0 Å². The van der Waals surface area contributed by atoms with Crippen LogP contribution in [-0.2, 0) is 25.8 Å². The molecule has 0 aromatic carbocycles. The second kappa shape index (κ2) is 3.64. The van der Waals surface area contributed by atoms with Gasteiger partial charge in [-0.3, -0.25) is 0 Å². The van der Waals surface area contributed by atoms with E-state index in [2.05, 4.69) is 20.8 Å². The molecule has 1 N–H and O–H groups in total. The van der Waals surface area contributed by atoms with Crippen LogP contribution in [0.2, 0.25) is 0 Å². The fraction of sp³-hybridized carbons (Fsp3) is 0.900. The average Bonchev–Trinajstić information content (AvgIpc) is 2.22. The van der Waals surface area contributed by atoms with E-state index in [0.29, 0.717) is 11.8 Å². The molecule has 13 heavy (non-hydrogen) atoms. The Bertz CT molecular complexity index is 197. The number of hydrogen-bond acceptors (Lipinski definition) is 2. The quantitative estimate of drug-likeness (QED) is 0.667. The second-order valence-corrected chi connectivity index (χ2v) is 4.51. The smallest absolute Gasteiger partial charge is 0.0655 e. The first-order valence-electron chi connectivity index (χ1n) is 4.74. The molecule has 2 bridgehead atoms. The van der Waals surface area contributed by atoms with Crippen LogP contribution in [0.5, 0.6) is 0 Å². The van der Waals surface area contributed by atoms with Crippen LogP contribution in [0, 0.1) is 18.8 Å². The van der Waals surface area contributed by atoms with E-state index in [0.717, 1.165) is 12.8 Å². The molecule has 0 aromatic heterocycles. The summed E-state index contributed by atoms with van der Waals surface area (Å²) in [5, 5.41) is 10.1. The predicted molar refractivity (Wildman–Crippen MR) is 46.5 cm³/mol. The molecule has 1 aliphatic carbocycles. The number of aliphatic hydroxyl groups is 1. The summed E-state index contributed by atoms with van der Waals surface area (Å²) in [5.41, 5.74) is -0.628. The van der Waals surface area contributed by atoms with Gasteiger partial charge in [0, 0.05) is 27.5 Å². The van der Waals surface area contributed by atoms with Crippen molar-refractivity contribution in [2.45, 2.75) is 44.5 Å². The molecule has 2 rings (SSSR count). The average molecular weight is 353 g/mol. The zero-order valence-electron chi connectivity index (χ0n) is 8.19. The zero-order valence-corrected chi connectivity index (χ0v) is 11.1. The minimum atomic E-state index is -0.628. The topological polar surface area (TPSA) is 29.5 Å². The Balaban J connectivity index is 0.000000845. The largest absolute Gasteiger partial charge is 0.404 e. The Hall–Kier alpha value is 0.608. The molecule has 0 aromatic rings. The molecule has 1 aliphatic heterocycles. The Kier molecular flexibility index (Phi) is 3.27. The first-order chi connectivity index (χ1) is 5.53. The van der Waals surface area contributed by atoms with Gasteiger partial charge in [-0.2, -0.15) is 0 Å². The first kappa shape index (κ1) is 11.7. The monoisotopic (exact) mass is 353 g/mol. The first-order valence-corrected chi connectivity index (χ1v) is 4.74. The minimum Gasteiger partial charge on any atom is -0.404 e. The van der Waals surface area contributed by atoms with E-state index >= 15 is 0 Å². The van der Waals surface area contributed by atoms with Gasteiger partial charge < -0.3 is 16.8 Å². The van der Waals surface area contributed by atoms with Crippen LogP contribution in [0.3, 0.4) is 0 Å². The normalized spacial score (nSPS) is 54.5. The van der Waals surface area contributed by atoms with Gasteiger partial charge >= 0.3 is 0 Å². The maximum Gasteiger partial charge on any atom is 0.0655 e. The standard InChI is InChI=1S/C10H17O2.W/c1-6-4-10(11)5-9(7(6)2)12-8(10)3;/h6-9,11H,3-5H2,1-2H3;/q-1;/t6-,7-,8?,9+,10+;/m1./s1. The maximum absolute atomic E-state index is 10.1. The number of rotatable bonds is 0. The summed E-state index contributed by atoms with van der Waals surface area (Å²) < 4.78 is 5.61. The molecule has 3 heteroatoms. The summed E-state index contributed by atoms with van der Waals surface area (Å²) in [4.78, 5) is 0. The van der Waals surface area contributed by atoms with Crippen molar-refractivity contribution < 1.29 is 30.9 Å². The van der Waals surface area contributed by atoms with Crippen LogP contribution >= 0.6 is 0 Å². The van der Waals surface area contributed by atoms with E-state index in [1.54, 1.807) is 0 Å². The molecule has 5 atom stereocenters. The van der Waals surface area contributed by atoms with E-state index in [-0.39, 0.29) is 33.3 Å². The zero-order chi connectivity index (χ0) is 8.93. The molecule has 2 nitrogen and oxygen atoms in total. The van der Waals surface area contributed by atoms with Crippen LogP contribution in [0.4, 0.5) is 0 Å². The van der Waals surface area contributed by atoms with Crippen LogP contribution in [0.25, 0.3) is 0 Å². The summed E-state index contributed by atoms with van der Waals surface area (Å²) >= 11 is 0. The van der Waals surface area contributed by atoms with Gasteiger partial charge in [-0.05, 0) is 24.4 Å². The SMILES string of the molecule is [CH2-]C1O[C@H]2C[C@@]1(O)C[C@@H](C)[C@H]2C.[W]. The van der Waals surface area contributed by atoms with Crippen molar-refractivity contribution in [3.63, 3.8) is 0 Å². The van der Waals surface area contributed by atoms with Crippen molar-refractivity contribution in [1.29, 1.82) is 0 Å². The fourth-order valence-corrected chi connectivity index (χ4v) is 2.50. The summed E-state index contributed by atoms with van der Waals surface area (Å²) in [7, 11) is 0. The van der Waals surface area contributed by atoms with Gasteiger partial charge in [0.2, 0.25) is 0 Å². The van der Waals surface area contributed by atoms with E-state index in [4.69, 9.17) is 4.74 Å². The van der Waals surface area contributed by atoms with Crippen molar-refractivity contribution in [2.24, 2.45) is 11.8 Å². The van der Waals surface area contributed by atoms with Crippen LogP contribution in [0.15, 0.2) is 0 Å². The molecule has 0 spiro atoms. The Morgan fingerprint density at radius 1 is 1.38 bits per heavy atom. The van der Waals surface area contributed by atoms with Crippen LogP contribution < -0.4 is 0 Å². The van der Waals surface area contributed by atoms with Gasteiger partial charge in [-0.1, -0.05) is 13.8 Å². The third kappa shape index (κ3) is 1.73. The van der Waals surface area contributed by atoms with Gasteiger partial charge in [0.1, 0.15) is 0 Å². The van der Waals surface area contributed by atoms with Crippen LogP contribution in [-0.4, -0.2) is 22.9 Å². The van der Waals surface area contributed by atoms with Crippen molar-refractivity contribution >= 4 is 0 Å². The van der Waals surface area contributed by atoms with E-state index < -0.39 is 5.60 Å². The van der Waals surface area contributed by atoms with Crippen molar-refractivity contribution in [2.75, 3.05) is 0 Å². The van der Waals surface area contributed by atoms with E-state index in [9.17, 15) is 5.11 Å². The van der Waals surface area contributed by atoms with Crippen molar-refractivity contribution in [1.82, 2.24) is 0 Å². The second-order valence-electron chi connectivity index (χ2n) is 4.51. The number of fused-ring (bicyclic) bond motifs is 2. The summed E-state index contributed by atoms with van der Waals surface area (Å²) in [6.07, 6.45) is 1.65. The van der Waals surface area contributed by atoms with Crippen LogP contribution in [0.1, 0.15) is 26.7 Å². The molecule has 1 unspecified atom stereocenters. The third-order valence-electron chi connectivity index (χ3n) is 3.65. The van der Waals surface area contributed by atoms with E-state index in [1.807, 2.05) is 0 Å². The fourth-order valence-electron chi connectivity index (χ4n) is 2.50. The molecular formula is C10H17O2W-. The minimum absolute atomic E-state index is 0. The summed E-state index contributed by atoms with van der Waals surface area (Å²) in [6, 6.07) is 0. The molecule has 0 amide bonds. The molecular weight excluding hydrogens is 336 g/mol. The Labute approximate surface area is 94.3 Å². The van der Waals surface area contributed by atoms with Crippen molar-refractivity contribution in [3.8, 4) is 0 Å². The van der Waals surface area contributed by atoms with Gasteiger partial charge in [-0.15, -0.1) is 0 Å². The summed E-state index contributed by atoms with van der Waals surface area (Å²) in [5.74, 6) is 1.12. The van der Waals surface area contributed by atoms with Crippen molar-refractivity contribution in [3.05, 3.63) is 6.92 Å². The van der Waals surface area contributed by atoms with Gasteiger partial charge in [0.15, 0.2) is 0 Å². The van der Waals surface area contributed by atoms with Gasteiger partial charge in [0.05, 0.1) is 11.7 Å². The Morgan fingerprint density at radius 3 is 2.62 bits per heavy atom. The molecule has 1 heterocycles. The number of hydrogen-bond donors (Lipinski definition) is 1. The van der Waals surface area contributed by atoms with Gasteiger partial charge in [0.25, 0.3) is 0 Å². The molecule has 1 saturated heterocycles. The molecule has 2 aliphatic rings. The predicted octanol–water partition coefficient (Wildman–Crippen LogP) is 1.38.